The van der Waals surface area contributed by atoms with Crippen molar-refractivity contribution >= 4 is 11.7 Å². The molecule has 1 amide bonds. The van der Waals surface area contributed by atoms with E-state index in [0.29, 0.717) is 37.0 Å². The van der Waals surface area contributed by atoms with E-state index in [1.54, 1.807) is 0 Å². The van der Waals surface area contributed by atoms with Crippen LogP contribution in [0.3, 0.4) is 0 Å². The molecule has 3 heterocycles. The summed E-state index contributed by atoms with van der Waals surface area (Å²) in [5.74, 6) is 1.50. The van der Waals surface area contributed by atoms with Gasteiger partial charge in [-0.25, -0.2) is 0 Å². The number of rotatable bonds is 1. The molecular weight excluding hydrogens is 438 g/mol. The van der Waals surface area contributed by atoms with Crippen LogP contribution in [-0.4, -0.2) is 28.6 Å². The van der Waals surface area contributed by atoms with E-state index < -0.39 is 17.1 Å². The molecule has 35 heavy (non-hydrogen) atoms. The first-order valence-corrected chi connectivity index (χ1v) is 13.5. The second-order valence-corrected chi connectivity index (χ2v) is 12.3. The minimum atomic E-state index is -1.40. The van der Waals surface area contributed by atoms with Gasteiger partial charge in [-0.2, -0.15) is 0 Å². The van der Waals surface area contributed by atoms with E-state index in [9.17, 15) is 14.7 Å². The lowest BCUT2D eigenvalue weighted by Gasteiger charge is -2.49. The summed E-state index contributed by atoms with van der Waals surface area (Å²) in [5, 5.41) is 14.6. The number of benzene rings is 1. The largest absolute Gasteiger partial charge is 0.490 e. The van der Waals surface area contributed by atoms with Crippen molar-refractivity contribution in [2.24, 2.45) is 52.8 Å². The van der Waals surface area contributed by atoms with E-state index in [0.717, 1.165) is 24.2 Å². The van der Waals surface area contributed by atoms with Crippen molar-refractivity contribution < 1.29 is 19.4 Å². The molecular formula is C30H35NO4. The number of carbonyl (C=O) groups is 2. The predicted octanol–water partition coefficient (Wildman–Crippen LogP) is 4.06. The molecule has 7 aliphatic rings. The Labute approximate surface area is 207 Å². The molecule has 4 bridgehead atoms. The fourth-order valence-corrected chi connectivity index (χ4v) is 9.09. The number of carbonyl (C=O) groups excluding carboxylic acids is 2. The molecule has 4 aliphatic carbocycles. The molecule has 4 fully saturated rings. The molecule has 1 aromatic carbocycles. The summed E-state index contributed by atoms with van der Waals surface area (Å²) in [5.41, 5.74) is -1.60. The standard InChI is InChI=1S/C30H35NO4/c1-3-18-7-11-20-22-14-16(2)4-10-21(22)26-25(20)24(18)27(32)29-13-12-23(29)30(34,31-28(29)33)15-17-5-8-19(35-26)9-6-17/h3,5-9,11,16,18,20-26,34H,1,4,10,12-15H2,2H3,(H,31,33)/t16-,18+,20+,21-,22+,23-,24+,25+,26+,29+,30-/m1/s1. The van der Waals surface area contributed by atoms with E-state index in [4.69, 9.17) is 4.74 Å². The van der Waals surface area contributed by atoms with Crippen LogP contribution in [-0.2, 0) is 16.0 Å². The molecule has 11 atom stereocenters. The number of ether oxygens (including phenoxy) is 1. The molecule has 5 nitrogen and oxygen atoms in total. The van der Waals surface area contributed by atoms with Crippen molar-refractivity contribution in [3.63, 3.8) is 0 Å². The van der Waals surface area contributed by atoms with Gasteiger partial charge in [-0.05, 0) is 67.1 Å². The zero-order valence-electron chi connectivity index (χ0n) is 20.4. The van der Waals surface area contributed by atoms with Crippen LogP contribution < -0.4 is 10.1 Å². The Morgan fingerprint density at radius 2 is 1.91 bits per heavy atom. The molecule has 8 rings (SSSR count). The molecule has 3 aliphatic heterocycles. The molecule has 0 unspecified atom stereocenters. The third kappa shape index (κ3) is 2.79. The average molecular weight is 474 g/mol. The van der Waals surface area contributed by atoms with Gasteiger partial charge in [-0.1, -0.05) is 43.7 Å². The van der Waals surface area contributed by atoms with Crippen molar-refractivity contribution in [1.29, 1.82) is 0 Å². The van der Waals surface area contributed by atoms with Crippen molar-refractivity contribution in [2.45, 2.75) is 57.3 Å². The van der Waals surface area contributed by atoms with E-state index >= 15 is 0 Å². The summed E-state index contributed by atoms with van der Waals surface area (Å²) < 4.78 is 6.81. The summed E-state index contributed by atoms with van der Waals surface area (Å²) in [4.78, 5) is 28.2. The highest BCUT2D eigenvalue weighted by Crippen LogP contribution is 2.63. The first-order chi connectivity index (χ1) is 16.9. The minimum Gasteiger partial charge on any atom is -0.490 e. The second kappa shape index (κ2) is 7.32. The molecule has 5 heteroatoms. The maximum Gasteiger partial charge on any atom is 0.236 e. The smallest absolute Gasteiger partial charge is 0.236 e. The molecule has 0 radical (unpaired) electrons. The normalized spacial score (nSPS) is 49.3. The Hall–Kier alpha value is -2.40. The van der Waals surface area contributed by atoms with Crippen molar-refractivity contribution in [1.82, 2.24) is 5.32 Å². The van der Waals surface area contributed by atoms with Crippen LogP contribution in [0.1, 0.15) is 44.6 Å². The lowest BCUT2D eigenvalue weighted by atomic mass is 9.51. The predicted molar refractivity (Wildman–Crippen MR) is 131 cm³/mol. The van der Waals surface area contributed by atoms with E-state index in [-0.39, 0.29) is 41.5 Å². The minimum absolute atomic E-state index is 0.00773. The van der Waals surface area contributed by atoms with Crippen LogP contribution in [0, 0.1) is 52.8 Å². The van der Waals surface area contributed by atoms with Crippen LogP contribution in [0.15, 0.2) is 49.1 Å². The third-order valence-corrected chi connectivity index (χ3v) is 10.8. The lowest BCUT2D eigenvalue weighted by molar-refractivity contribution is -0.160. The van der Waals surface area contributed by atoms with E-state index in [1.165, 1.54) is 6.42 Å². The molecule has 2 N–H and O–H groups in total. The summed E-state index contributed by atoms with van der Waals surface area (Å²) in [7, 11) is 0. The number of allylic oxidation sites excluding steroid dienone is 3. The van der Waals surface area contributed by atoms with Gasteiger partial charge in [0.15, 0.2) is 5.78 Å². The molecule has 0 spiro atoms. The summed E-state index contributed by atoms with van der Waals surface area (Å²) >= 11 is 0. The zero-order chi connectivity index (χ0) is 24.1. The van der Waals surface area contributed by atoms with Gasteiger partial charge in [0.2, 0.25) is 5.91 Å². The fraction of sp³-hybridized carbons (Fsp3) is 0.600. The molecule has 1 saturated heterocycles. The van der Waals surface area contributed by atoms with Gasteiger partial charge in [0, 0.05) is 30.1 Å². The number of amides is 1. The highest BCUT2D eigenvalue weighted by molar-refractivity contribution is 6.10. The Morgan fingerprint density at radius 1 is 1.11 bits per heavy atom. The van der Waals surface area contributed by atoms with Crippen LogP contribution in [0.25, 0.3) is 0 Å². The number of nitrogens with one attached hydrogen (secondary N) is 1. The monoisotopic (exact) mass is 473 g/mol. The average Bonchev–Trinajstić information content (AvgIpc) is 3.18. The number of Topliss-reactive ketones (excluding diaryl/α,β-unsaturated/α-hetero) is 1. The van der Waals surface area contributed by atoms with Gasteiger partial charge < -0.3 is 15.2 Å². The van der Waals surface area contributed by atoms with Crippen LogP contribution in [0.5, 0.6) is 5.75 Å². The molecule has 1 aromatic rings. The van der Waals surface area contributed by atoms with Crippen molar-refractivity contribution in [2.75, 3.05) is 0 Å². The lowest BCUT2D eigenvalue weighted by Crippen LogP contribution is -2.58. The van der Waals surface area contributed by atoms with Crippen LogP contribution in [0.2, 0.25) is 0 Å². The highest BCUT2D eigenvalue weighted by atomic mass is 16.5. The van der Waals surface area contributed by atoms with Gasteiger partial charge in [-0.3, -0.25) is 9.59 Å². The number of aliphatic hydroxyl groups is 1. The van der Waals surface area contributed by atoms with E-state index in [2.05, 4.69) is 31.0 Å². The molecule has 184 valence electrons. The quantitative estimate of drug-likeness (QED) is 0.477. The Balaban J connectivity index is 1.41. The van der Waals surface area contributed by atoms with Gasteiger partial charge in [0.05, 0.1) is 0 Å². The van der Waals surface area contributed by atoms with Gasteiger partial charge in [-0.15, -0.1) is 6.58 Å². The summed E-state index contributed by atoms with van der Waals surface area (Å²) in [6.45, 7) is 6.43. The number of hydrogen-bond donors (Lipinski definition) is 2. The summed E-state index contributed by atoms with van der Waals surface area (Å²) in [6, 6.07) is 7.98. The second-order valence-electron chi connectivity index (χ2n) is 12.3. The Morgan fingerprint density at radius 3 is 2.63 bits per heavy atom. The molecule has 3 saturated carbocycles. The van der Waals surface area contributed by atoms with Gasteiger partial charge in [0.25, 0.3) is 0 Å². The summed E-state index contributed by atoms with van der Waals surface area (Å²) in [6.07, 6.45) is 11.3. The van der Waals surface area contributed by atoms with Crippen LogP contribution in [0.4, 0.5) is 0 Å². The van der Waals surface area contributed by atoms with Gasteiger partial charge in [0.1, 0.15) is 23.0 Å². The number of hydrogen-bond acceptors (Lipinski definition) is 4. The number of fused-ring (bicyclic) bond motifs is 4. The van der Waals surface area contributed by atoms with Gasteiger partial charge >= 0.3 is 0 Å². The first kappa shape index (κ1) is 21.8. The fourth-order valence-electron chi connectivity index (χ4n) is 9.09. The Bertz CT molecular complexity index is 1130. The van der Waals surface area contributed by atoms with Crippen molar-refractivity contribution in [3.05, 3.63) is 54.6 Å². The van der Waals surface area contributed by atoms with E-state index in [1.807, 2.05) is 30.3 Å². The maximum absolute atomic E-state index is 14.7. The Kier molecular flexibility index (Phi) is 4.57. The molecule has 0 aromatic heterocycles. The van der Waals surface area contributed by atoms with Crippen LogP contribution >= 0.6 is 0 Å². The SMILES string of the molecule is C=C[C@H]1C=C[C@H]2[C@@H]3C[C@H](C)CC[C@H]3[C@@H]3Oc4ccc(cc4)C[C@]4(O)NC(=O)[C@]5(CC[C@H]54)C(=O)[C@@H]1[C@H]23. The maximum atomic E-state index is 14.7. The number of ketones is 1. The third-order valence-electron chi connectivity index (χ3n) is 10.8. The first-order valence-electron chi connectivity index (χ1n) is 13.5. The highest BCUT2D eigenvalue weighted by Gasteiger charge is 2.72. The topological polar surface area (TPSA) is 75.6 Å². The zero-order valence-corrected chi connectivity index (χ0v) is 20.4. The van der Waals surface area contributed by atoms with Crippen molar-refractivity contribution in [3.8, 4) is 5.75 Å².